The van der Waals surface area contributed by atoms with Gasteiger partial charge in [0.1, 0.15) is 5.75 Å². The van der Waals surface area contributed by atoms with Gasteiger partial charge >= 0.3 is 5.97 Å². The van der Waals surface area contributed by atoms with Crippen LogP contribution in [0.25, 0.3) is 0 Å². The Hall–Kier alpha value is -3.89. The van der Waals surface area contributed by atoms with Gasteiger partial charge in [0.15, 0.2) is 11.5 Å². The van der Waals surface area contributed by atoms with E-state index in [2.05, 4.69) is 10.0 Å². The number of carbonyl (C=O) groups is 2. The zero-order chi connectivity index (χ0) is 24.6. The molecule has 0 atom stereocenters. The SMILES string of the molecule is COc1ccc(S(=O)(=O)NCCC(=O)Oc2ccc(NC(=O)c3ccccc3)cc2)cc1OC. The van der Waals surface area contributed by atoms with E-state index in [1.54, 1.807) is 36.4 Å². The van der Waals surface area contributed by atoms with Gasteiger partial charge in [-0.3, -0.25) is 9.59 Å². The van der Waals surface area contributed by atoms with Crippen molar-refractivity contribution in [1.29, 1.82) is 0 Å². The maximum atomic E-state index is 12.5. The van der Waals surface area contributed by atoms with Gasteiger partial charge in [0.25, 0.3) is 5.91 Å². The van der Waals surface area contributed by atoms with E-state index in [1.165, 1.54) is 44.6 Å². The van der Waals surface area contributed by atoms with E-state index in [0.717, 1.165) is 0 Å². The Kier molecular flexibility index (Phi) is 8.23. The Bertz CT molecular complexity index is 1240. The lowest BCUT2D eigenvalue weighted by Gasteiger charge is -2.11. The van der Waals surface area contributed by atoms with Crippen molar-refractivity contribution in [2.45, 2.75) is 11.3 Å². The number of carbonyl (C=O) groups excluding carboxylic acids is 2. The van der Waals surface area contributed by atoms with Gasteiger partial charge in [0.05, 0.1) is 25.5 Å². The first kappa shape index (κ1) is 24.7. The zero-order valence-electron chi connectivity index (χ0n) is 18.6. The lowest BCUT2D eigenvalue weighted by molar-refractivity contribution is -0.134. The molecule has 2 N–H and O–H groups in total. The molecular formula is C24H24N2O7S. The topological polar surface area (TPSA) is 120 Å². The summed E-state index contributed by atoms with van der Waals surface area (Å²) in [6.07, 6.45) is -0.182. The summed E-state index contributed by atoms with van der Waals surface area (Å²) < 4.78 is 42.7. The largest absolute Gasteiger partial charge is 0.493 e. The van der Waals surface area contributed by atoms with Crippen LogP contribution in [0.15, 0.2) is 77.7 Å². The number of amides is 1. The van der Waals surface area contributed by atoms with Crippen molar-refractivity contribution in [3.63, 3.8) is 0 Å². The van der Waals surface area contributed by atoms with E-state index in [0.29, 0.717) is 17.0 Å². The van der Waals surface area contributed by atoms with Crippen molar-refractivity contribution in [2.24, 2.45) is 0 Å². The average molecular weight is 485 g/mol. The highest BCUT2D eigenvalue weighted by Crippen LogP contribution is 2.29. The van der Waals surface area contributed by atoms with Crippen molar-refractivity contribution in [2.75, 3.05) is 26.1 Å². The monoisotopic (exact) mass is 484 g/mol. The molecule has 1 amide bonds. The molecular weight excluding hydrogens is 460 g/mol. The molecule has 0 radical (unpaired) electrons. The van der Waals surface area contributed by atoms with Crippen LogP contribution in [0.2, 0.25) is 0 Å². The summed E-state index contributed by atoms with van der Waals surface area (Å²) >= 11 is 0. The number of hydrogen-bond acceptors (Lipinski definition) is 7. The maximum Gasteiger partial charge on any atom is 0.312 e. The Morgan fingerprint density at radius 1 is 0.853 bits per heavy atom. The Labute approximate surface area is 197 Å². The highest BCUT2D eigenvalue weighted by molar-refractivity contribution is 7.89. The lowest BCUT2D eigenvalue weighted by Crippen LogP contribution is -2.27. The zero-order valence-corrected chi connectivity index (χ0v) is 19.4. The van der Waals surface area contributed by atoms with Gasteiger partial charge in [-0.05, 0) is 48.5 Å². The molecule has 0 fully saturated rings. The summed E-state index contributed by atoms with van der Waals surface area (Å²) in [7, 11) is -1.01. The third kappa shape index (κ3) is 6.56. The number of nitrogens with one attached hydrogen (secondary N) is 2. The van der Waals surface area contributed by atoms with E-state index >= 15 is 0 Å². The van der Waals surface area contributed by atoms with E-state index in [9.17, 15) is 18.0 Å². The molecule has 0 aliphatic carbocycles. The lowest BCUT2D eigenvalue weighted by atomic mass is 10.2. The number of esters is 1. The van der Waals surface area contributed by atoms with E-state index in [1.807, 2.05) is 6.07 Å². The van der Waals surface area contributed by atoms with Gasteiger partial charge in [0.2, 0.25) is 10.0 Å². The normalized spacial score (nSPS) is 10.9. The summed E-state index contributed by atoms with van der Waals surface area (Å²) in [4.78, 5) is 24.3. The van der Waals surface area contributed by atoms with Crippen LogP contribution in [0, 0.1) is 0 Å². The van der Waals surface area contributed by atoms with Crippen LogP contribution in [-0.4, -0.2) is 41.1 Å². The number of methoxy groups -OCH3 is 2. The van der Waals surface area contributed by atoms with Gasteiger partial charge in [-0.25, -0.2) is 13.1 Å². The highest BCUT2D eigenvalue weighted by atomic mass is 32.2. The third-order valence-electron chi connectivity index (χ3n) is 4.67. The molecule has 34 heavy (non-hydrogen) atoms. The Balaban J connectivity index is 1.49. The fraction of sp³-hybridized carbons (Fsp3) is 0.167. The Morgan fingerprint density at radius 3 is 2.18 bits per heavy atom. The predicted octanol–water partition coefficient (Wildman–Crippen LogP) is 3.23. The summed E-state index contributed by atoms with van der Waals surface area (Å²) in [5.74, 6) is 0.0671. The highest BCUT2D eigenvalue weighted by Gasteiger charge is 2.17. The standard InChI is InChI=1S/C24H24N2O7S/c1-31-21-13-12-20(16-22(21)32-2)34(29,30)25-15-14-23(27)33-19-10-8-18(9-11-19)26-24(28)17-6-4-3-5-7-17/h3-13,16,25H,14-15H2,1-2H3,(H,26,28). The maximum absolute atomic E-state index is 12.5. The van der Waals surface area contributed by atoms with Crippen LogP contribution in [0.4, 0.5) is 5.69 Å². The summed E-state index contributed by atoms with van der Waals surface area (Å²) in [6.45, 7) is -0.152. The van der Waals surface area contributed by atoms with E-state index in [-0.39, 0.29) is 35.3 Å². The second kappa shape index (κ2) is 11.3. The summed E-state index contributed by atoms with van der Waals surface area (Å²) in [6, 6.07) is 19.2. The van der Waals surface area contributed by atoms with E-state index in [4.69, 9.17) is 14.2 Å². The van der Waals surface area contributed by atoms with Crippen LogP contribution in [0.3, 0.4) is 0 Å². The second-order valence-corrected chi connectivity index (χ2v) is 8.75. The van der Waals surface area contributed by atoms with Crippen molar-refractivity contribution >= 4 is 27.6 Å². The number of benzene rings is 3. The van der Waals surface area contributed by atoms with Crippen LogP contribution >= 0.6 is 0 Å². The predicted molar refractivity (Wildman–Crippen MR) is 126 cm³/mol. The van der Waals surface area contributed by atoms with Gasteiger partial charge in [-0.2, -0.15) is 0 Å². The summed E-state index contributed by atoms with van der Waals surface area (Å²) in [5.41, 5.74) is 1.06. The number of ether oxygens (including phenoxy) is 3. The van der Waals surface area contributed by atoms with Crippen LogP contribution in [0.5, 0.6) is 17.2 Å². The van der Waals surface area contributed by atoms with Crippen molar-refractivity contribution < 1.29 is 32.2 Å². The molecule has 0 aromatic heterocycles. The van der Waals surface area contributed by atoms with Crippen LogP contribution in [-0.2, 0) is 14.8 Å². The second-order valence-electron chi connectivity index (χ2n) is 6.98. The fourth-order valence-corrected chi connectivity index (χ4v) is 3.98. The quantitative estimate of drug-likeness (QED) is 0.335. The molecule has 0 aliphatic heterocycles. The molecule has 10 heteroatoms. The van der Waals surface area contributed by atoms with Crippen molar-refractivity contribution in [3.8, 4) is 17.2 Å². The minimum atomic E-state index is -3.86. The average Bonchev–Trinajstić information content (AvgIpc) is 2.85. The molecule has 0 bridgehead atoms. The fourth-order valence-electron chi connectivity index (χ4n) is 2.94. The summed E-state index contributed by atoms with van der Waals surface area (Å²) in [5, 5.41) is 2.75. The van der Waals surface area contributed by atoms with Crippen molar-refractivity contribution in [1.82, 2.24) is 4.72 Å². The molecule has 0 spiro atoms. The molecule has 9 nitrogen and oxygen atoms in total. The molecule has 3 aromatic rings. The minimum absolute atomic E-state index is 0.0216. The van der Waals surface area contributed by atoms with Gasteiger partial charge in [-0.1, -0.05) is 18.2 Å². The van der Waals surface area contributed by atoms with Gasteiger partial charge < -0.3 is 19.5 Å². The molecule has 0 saturated carbocycles. The van der Waals surface area contributed by atoms with Gasteiger partial charge in [0, 0.05) is 23.9 Å². The molecule has 0 saturated heterocycles. The van der Waals surface area contributed by atoms with Crippen molar-refractivity contribution in [3.05, 3.63) is 78.4 Å². The number of rotatable bonds is 10. The molecule has 3 aromatic carbocycles. The number of hydrogen-bond donors (Lipinski definition) is 2. The van der Waals surface area contributed by atoms with Crippen LogP contribution in [0.1, 0.15) is 16.8 Å². The third-order valence-corrected chi connectivity index (χ3v) is 6.13. The molecule has 3 rings (SSSR count). The number of sulfonamides is 1. The van der Waals surface area contributed by atoms with Crippen LogP contribution < -0.4 is 24.2 Å². The molecule has 0 heterocycles. The number of anilines is 1. The first-order valence-corrected chi connectivity index (χ1v) is 11.7. The Morgan fingerprint density at radius 2 is 1.53 bits per heavy atom. The molecule has 178 valence electrons. The first-order chi connectivity index (χ1) is 16.3. The first-order valence-electron chi connectivity index (χ1n) is 10.2. The molecule has 0 unspecified atom stereocenters. The van der Waals surface area contributed by atoms with Gasteiger partial charge in [-0.15, -0.1) is 0 Å². The smallest absolute Gasteiger partial charge is 0.312 e. The minimum Gasteiger partial charge on any atom is -0.493 e. The molecule has 0 aliphatic rings. The van der Waals surface area contributed by atoms with E-state index < -0.39 is 16.0 Å².